The summed E-state index contributed by atoms with van der Waals surface area (Å²) in [6.07, 6.45) is 1.16. The third kappa shape index (κ3) is 7.08. The number of halogens is 1. The first-order valence-electron chi connectivity index (χ1n) is 14.5. The molecule has 0 heterocycles. The highest BCUT2D eigenvalue weighted by Crippen LogP contribution is 2.64. The van der Waals surface area contributed by atoms with Crippen molar-refractivity contribution in [1.82, 2.24) is 0 Å². The Hall–Kier alpha value is -2.70. The number of thioether (sulfide) groups is 1. The van der Waals surface area contributed by atoms with Crippen molar-refractivity contribution in [3.05, 3.63) is 29.6 Å². The fourth-order valence-electron chi connectivity index (χ4n) is 5.88. The molecule has 12 heteroatoms. The number of hydrogen-bond acceptors (Lipinski definition) is 11. The Morgan fingerprint density at radius 3 is 2.02 bits per heavy atom. The van der Waals surface area contributed by atoms with Crippen LogP contribution in [0.1, 0.15) is 58.9 Å². The van der Waals surface area contributed by atoms with Gasteiger partial charge in [0.15, 0.2) is 0 Å². The molecule has 42 heavy (non-hydrogen) atoms. The lowest BCUT2D eigenvalue weighted by Crippen LogP contribution is -2.59. The number of aryl methyl sites for hydroxylation is 1. The number of benzene rings is 1. The number of nitrogens with two attached hydrogens (primary N) is 1. The van der Waals surface area contributed by atoms with Gasteiger partial charge in [0.05, 0.1) is 23.9 Å². The van der Waals surface area contributed by atoms with Gasteiger partial charge in [0.1, 0.15) is 11.4 Å². The number of carbonyl (C=O) groups excluding carboxylic acids is 4. The van der Waals surface area contributed by atoms with Gasteiger partial charge in [0.2, 0.25) is 13.6 Å². The van der Waals surface area contributed by atoms with Gasteiger partial charge in [0, 0.05) is 28.4 Å². The van der Waals surface area contributed by atoms with E-state index < -0.39 is 72.8 Å². The van der Waals surface area contributed by atoms with Gasteiger partial charge in [0.25, 0.3) is 0 Å². The first kappa shape index (κ1) is 33.8. The number of ether oxygens (including phenoxy) is 4. The van der Waals surface area contributed by atoms with Crippen molar-refractivity contribution in [3.8, 4) is 0 Å². The molecule has 6 atom stereocenters. The molecule has 0 aliphatic heterocycles. The molecule has 1 aromatic rings. The minimum Gasteiger partial charge on any atom is -0.428 e. The summed E-state index contributed by atoms with van der Waals surface area (Å²) < 4.78 is 34.4. The molecule has 0 aromatic heterocycles. The van der Waals surface area contributed by atoms with Crippen LogP contribution < -0.4 is 5.73 Å². The molecule has 1 unspecified atom stereocenters. The number of rotatable bonds is 15. The van der Waals surface area contributed by atoms with Crippen molar-refractivity contribution in [2.24, 2.45) is 41.2 Å². The molecule has 3 rings (SSSR count). The minimum absolute atomic E-state index is 0.174. The molecule has 0 radical (unpaired) electrons. The largest absolute Gasteiger partial charge is 0.428 e. The quantitative estimate of drug-likeness (QED) is 0.170. The highest BCUT2D eigenvalue weighted by Gasteiger charge is 2.78. The maximum atomic E-state index is 13.7. The Bertz CT molecular complexity index is 1140. The fourth-order valence-corrected chi connectivity index (χ4v) is 7.15. The van der Waals surface area contributed by atoms with Crippen molar-refractivity contribution >= 4 is 35.6 Å². The van der Waals surface area contributed by atoms with E-state index >= 15 is 0 Å². The zero-order chi connectivity index (χ0) is 31.2. The molecular formula is C30H42FNO9S. The van der Waals surface area contributed by atoms with Crippen LogP contribution >= 0.6 is 11.8 Å². The van der Waals surface area contributed by atoms with Gasteiger partial charge in [-0.3, -0.25) is 14.4 Å². The molecule has 2 aliphatic rings. The number of hydrogen-bond donors (Lipinski definition) is 2. The monoisotopic (exact) mass is 611 g/mol. The van der Waals surface area contributed by atoms with E-state index in [0.29, 0.717) is 36.1 Å². The van der Waals surface area contributed by atoms with Crippen LogP contribution in [-0.4, -0.2) is 60.0 Å². The summed E-state index contributed by atoms with van der Waals surface area (Å²) in [7, 11) is 0. The molecule has 1 aromatic carbocycles. The standard InChI is InChI=1S/C30H42FNO9S/c1-6-17(7-2)26(34)38-14-40-28(36)23-22-24(23)30(32,29(37)41-15-39-27(35)18(8-3)9-4)20(25(22)33)13-42-19-10-11-21(31)16(5)12-19/h10-12,17-18,20,22-25,33H,6-9,13-15,32H2,1-5H3/t20-,22+,23+,24?,25-,30+/m1/s1. The van der Waals surface area contributed by atoms with Gasteiger partial charge in [-0.25, -0.2) is 9.18 Å². The van der Waals surface area contributed by atoms with E-state index in [9.17, 15) is 28.7 Å². The first-order valence-corrected chi connectivity index (χ1v) is 15.5. The summed E-state index contributed by atoms with van der Waals surface area (Å²) >= 11 is 1.29. The van der Waals surface area contributed by atoms with Crippen LogP contribution in [0, 0.1) is 48.2 Å². The Kier molecular flexibility index (Phi) is 11.8. The van der Waals surface area contributed by atoms with Crippen LogP contribution in [0.25, 0.3) is 0 Å². The summed E-state index contributed by atoms with van der Waals surface area (Å²) in [6, 6.07) is 4.57. The van der Waals surface area contributed by atoms with E-state index in [1.54, 1.807) is 19.1 Å². The zero-order valence-corrected chi connectivity index (χ0v) is 25.6. The molecule has 0 bridgehead atoms. The van der Waals surface area contributed by atoms with Crippen LogP contribution in [0.3, 0.4) is 0 Å². The zero-order valence-electron chi connectivity index (χ0n) is 24.8. The lowest BCUT2D eigenvalue weighted by Gasteiger charge is -2.34. The van der Waals surface area contributed by atoms with Crippen LogP contribution in [0.4, 0.5) is 4.39 Å². The minimum atomic E-state index is -1.80. The summed E-state index contributed by atoms with van der Waals surface area (Å²) in [4.78, 5) is 51.4. The van der Waals surface area contributed by atoms with Gasteiger partial charge in [-0.05, 0) is 56.4 Å². The molecule has 0 saturated heterocycles. The van der Waals surface area contributed by atoms with Crippen molar-refractivity contribution in [2.45, 2.75) is 76.8 Å². The van der Waals surface area contributed by atoms with Gasteiger partial charge in [-0.15, -0.1) is 11.8 Å². The molecule has 0 amide bonds. The van der Waals surface area contributed by atoms with Crippen LogP contribution in [-0.2, 0) is 38.1 Å². The average Bonchev–Trinajstić information content (AvgIpc) is 3.67. The van der Waals surface area contributed by atoms with E-state index in [4.69, 9.17) is 24.7 Å². The SMILES string of the molecule is CCC(CC)C(=O)OCOC(=O)[C@@H]1C2[C@H]1[C@H](O)[C@@H](CSc1ccc(F)c(C)c1)[C@@]2(N)C(=O)OCOC(=O)C(CC)CC. The van der Waals surface area contributed by atoms with Crippen LogP contribution in [0.15, 0.2) is 23.1 Å². The maximum absolute atomic E-state index is 13.7. The Morgan fingerprint density at radius 1 is 0.952 bits per heavy atom. The summed E-state index contributed by atoms with van der Waals surface area (Å²) in [5, 5.41) is 11.2. The average molecular weight is 612 g/mol. The van der Waals surface area contributed by atoms with Gasteiger partial charge < -0.3 is 29.8 Å². The number of fused-ring (bicyclic) bond motifs is 1. The Morgan fingerprint density at radius 2 is 1.50 bits per heavy atom. The third-order valence-electron chi connectivity index (χ3n) is 8.66. The van der Waals surface area contributed by atoms with E-state index in [1.807, 2.05) is 27.7 Å². The summed E-state index contributed by atoms with van der Waals surface area (Å²) in [6.45, 7) is 7.79. The predicted molar refractivity (Wildman–Crippen MR) is 151 cm³/mol. The number of aliphatic hydroxyl groups excluding tert-OH is 1. The highest BCUT2D eigenvalue weighted by molar-refractivity contribution is 7.99. The predicted octanol–water partition coefficient (Wildman–Crippen LogP) is 3.74. The summed E-state index contributed by atoms with van der Waals surface area (Å²) in [5.74, 6) is -6.69. The molecule has 2 fully saturated rings. The highest BCUT2D eigenvalue weighted by atomic mass is 32.2. The second kappa shape index (κ2) is 14.7. The van der Waals surface area contributed by atoms with E-state index in [2.05, 4.69) is 0 Å². The van der Waals surface area contributed by atoms with Gasteiger partial charge in [-0.2, -0.15) is 0 Å². The van der Waals surface area contributed by atoms with Gasteiger partial charge >= 0.3 is 23.9 Å². The molecular weight excluding hydrogens is 569 g/mol. The van der Waals surface area contributed by atoms with Crippen LogP contribution in [0.5, 0.6) is 0 Å². The molecule has 3 N–H and O–H groups in total. The number of esters is 4. The van der Waals surface area contributed by atoms with E-state index in [-0.39, 0.29) is 23.4 Å². The Balaban J connectivity index is 1.72. The fraction of sp³-hybridized carbons (Fsp3) is 0.667. The lowest BCUT2D eigenvalue weighted by molar-refractivity contribution is -0.176. The Labute approximate surface area is 250 Å². The van der Waals surface area contributed by atoms with Crippen molar-refractivity contribution < 1.29 is 47.6 Å². The lowest BCUT2D eigenvalue weighted by atomic mass is 9.81. The second-order valence-corrected chi connectivity index (χ2v) is 12.1. The molecule has 10 nitrogen and oxygen atoms in total. The smallest absolute Gasteiger partial charge is 0.329 e. The maximum Gasteiger partial charge on any atom is 0.329 e. The topological polar surface area (TPSA) is 151 Å². The number of aliphatic hydroxyl groups is 1. The molecule has 0 spiro atoms. The third-order valence-corrected chi connectivity index (χ3v) is 9.78. The first-order chi connectivity index (χ1) is 20.0. The molecule has 2 saturated carbocycles. The number of carbonyl (C=O) groups is 4. The summed E-state index contributed by atoms with van der Waals surface area (Å²) in [5.41, 5.74) is 5.35. The van der Waals surface area contributed by atoms with Crippen molar-refractivity contribution in [2.75, 3.05) is 19.3 Å². The van der Waals surface area contributed by atoms with E-state index in [1.165, 1.54) is 17.8 Å². The normalized spacial score (nSPS) is 26.1. The van der Waals surface area contributed by atoms with Crippen molar-refractivity contribution in [3.63, 3.8) is 0 Å². The molecule has 2 aliphatic carbocycles. The van der Waals surface area contributed by atoms with Crippen LogP contribution in [0.2, 0.25) is 0 Å². The second-order valence-electron chi connectivity index (χ2n) is 11.0. The van der Waals surface area contributed by atoms with Gasteiger partial charge in [-0.1, -0.05) is 27.7 Å². The van der Waals surface area contributed by atoms with Crippen molar-refractivity contribution in [1.29, 1.82) is 0 Å². The molecule has 234 valence electrons. The van der Waals surface area contributed by atoms with E-state index in [0.717, 1.165) is 0 Å².